The number of Topliss-reactive ketones (excluding diaryl/α,β-unsaturated/α-hetero) is 1. The van der Waals surface area contributed by atoms with Gasteiger partial charge in [0.05, 0.1) is 5.02 Å². The van der Waals surface area contributed by atoms with Crippen molar-refractivity contribution in [1.82, 2.24) is 19.7 Å². The molecule has 0 aliphatic carbocycles. The van der Waals surface area contributed by atoms with E-state index < -0.39 is 19.0 Å². The molecule has 1 saturated heterocycles. The van der Waals surface area contributed by atoms with Crippen LogP contribution >= 0.6 is 11.6 Å². The lowest BCUT2D eigenvalue weighted by molar-refractivity contribution is -0.138. The minimum Gasteiger partial charge on any atom is -0.423 e. The van der Waals surface area contributed by atoms with E-state index in [-0.39, 0.29) is 53.7 Å². The molecule has 2 aliphatic rings. The van der Waals surface area contributed by atoms with Crippen molar-refractivity contribution >= 4 is 53.1 Å². The fourth-order valence-corrected chi connectivity index (χ4v) is 5.88. The van der Waals surface area contributed by atoms with Crippen LogP contribution < -0.4 is 5.32 Å². The highest BCUT2D eigenvalue weighted by molar-refractivity contribution is 6.50. The van der Waals surface area contributed by atoms with Crippen LogP contribution in [0.3, 0.4) is 0 Å². The van der Waals surface area contributed by atoms with Crippen molar-refractivity contribution in [2.24, 2.45) is 0 Å². The number of fused-ring (bicyclic) bond motifs is 1. The maximum absolute atomic E-state index is 14.3. The number of rotatable bonds is 8. The Morgan fingerprint density at radius 1 is 1.14 bits per heavy atom. The number of ketones is 1. The smallest absolute Gasteiger partial charge is 0.423 e. The van der Waals surface area contributed by atoms with Crippen LogP contribution in [0.4, 0.5) is 4.39 Å². The molecular weight excluding hydrogens is 578 g/mol. The summed E-state index contributed by atoms with van der Waals surface area (Å²) in [4.78, 5) is 55.2. The van der Waals surface area contributed by atoms with Crippen LogP contribution in [0.25, 0.3) is 10.9 Å². The second-order valence-electron chi connectivity index (χ2n) is 10.8. The molecule has 224 valence electrons. The van der Waals surface area contributed by atoms with E-state index in [4.69, 9.17) is 11.6 Å². The Morgan fingerprint density at radius 3 is 2.63 bits per heavy atom. The maximum atomic E-state index is 14.3. The first-order valence-electron chi connectivity index (χ1n) is 14.0. The quantitative estimate of drug-likeness (QED) is 0.266. The third kappa shape index (κ3) is 6.36. The van der Waals surface area contributed by atoms with Gasteiger partial charge < -0.3 is 29.7 Å². The van der Waals surface area contributed by atoms with Gasteiger partial charge in [-0.05, 0) is 55.9 Å². The van der Waals surface area contributed by atoms with Crippen molar-refractivity contribution in [3.8, 4) is 0 Å². The zero-order chi connectivity index (χ0) is 30.8. The van der Waals surface area contributed by atoms with E-state index in [1.54, 1.807) is 46.0 Å². The maximum Gasteiger partial charge on any atom is 0.483 e. The van der Waals surface area contributed by atoms with Crippen LogP contribution in [0, 0.1) is 5.82 Å². The number of aromatic nitrogens is 1. The number of carbonyl (C=O) groups is 4. The molecule has 10 nitrogen and oxygen atoms in total. The highest BCUT2D eigenvalue weighted by Gasteiger charge is 2.34. The lowest BCUT2D eigenvalue weighted by atomic mass is 9.76. The molecule has 1 fully saturated rings. The number of hydrogen-bond donors (Lipinski definition) is 3. The summed E-state index contributed by atoms with van der Waals surface area (Å²) < 4.78 is 15.9. The van der Waals surface area contributed by atoms with Gasteiger partial charge in [-0.15, -0.1) is 0 Å². The van der Waals surface area contributed by atoms with Crippen LogP contribution in [0.5, 0.6) is 0 Å². The molecule has 2 aliphatic heterocycles. The number of benzene rings is 2. The fourth-order valence-electron chi connectivity index (χ4n) is 5.69. The average molecular weight is 609 g/mol. The normalized spacial score (nSPS) is 16.8. The summed E-state index contributed by atoms with van der Waals surface area (Å²) in [6.45, 7) is 2.18. The van der Waals surface area contributed by atoms with E-state index in [9.17, 15) is 33.6 Å². The van der Waals surface area contributed by atoms with E-state index >= 15 is 0 Å². The molecule has 3 aromatic rings. The molecule has 43 heavy (non-hydrogen) atoms. The molecule has 3 N–H and O–H groups in total. The second-order valence-corrected chi connectivity index (χ2v) is 11.2. The highest BCUT2D eigenvalue weighted by Crippen LogP contribution is 2.27. The molecule has 2 aromatic carbocycles. The minimum absolute atomic E-state index is 0.0363. The summed E-state index contributed by atoms with van der Waals surface area (Å²) in [7, 11) is -1.54. The molecule has 0 spiro atoms. The van der Waals surface area contributed by atoms with Gasteiger partial charge in [-0.1, -0.05) is 29.8 Å². The summed E-state index contributed by atoms with van der Waals surface area (Å²) in [5.74, 6) is -1.77. The third-order valence-electron chi connectivity index (χ3n) is 8.04. The van der Waals surface area contributed by atoms with Crippen LogP contribution in [0.15, 0.2) is 54.1 Å². The Bertz CT molecular complexity index is 1640. The first-order valence-corrected chi connectivity index (χ1v) is 14.4. The highest BCUT2D eigenvalue weighted by atomic mass is 35.5. The summed E-state index contributed by atoms with van der Waals surface area (Å²) >= 11 is 5.83. The molecule has 0 unspecified atom stereocenters. The van der Waals surface area contributed by atoms with Crippen LogP contribution in [-0.2, 0) is 22.7 Å². The van der Waals surface area contributed by atoms with Gasteiger partial charge in [0.15, 0.2) is 5.78 Å². The van der Waals surface area contributed by atoms with Gasteiger partial charge in [-0.25, -0.2) is 4.39 Å². The average Bonchev–Trinajstić information content (AvgIpc) is 3.63. The van der Waals surface area contributed by atoms with Gasteiger partial charge in [0.2, 0.25) is 11.8 Å². The van der Waals surface area contributed by atoms with Gasteiger partial charge in [0, 0.05) is 60.0 Å². The number of nitrogens with one attached hydrogen (secondary N) is 1. The van der Waals surface area contributed by atoms with Crippen LogP contribution in [0.1, 0.15) is 52.5 Å². The molecule has 0 radical (unpaired) electrons. The van der Waals surface area contributed by atoms with Crippen molar-refractivity contribution in [3.63, 3.8) is 0 Å². The zero-order valence-corrected chi connectivity index (χ0v) is 24.3. The van der Waals surface area contributed by atoms with Gasteiger partial charge in [-0.3, -0.25) is 19.2 Å². The topological polar surface area (TPSA) is 132 Å². The molecule has 0 bridgehead atoms. The summed E-state index contributed by atoms with van der Waals surface area (Å²) in [5, 5.41) is 21.9. The number of halogens is 2. The van der Waals surface area contributed by atoms with Gasteiger partial charge in [-0.2, -0.15) is 0 Å². The molecule has 5 rings (SSSR count). The van der Waals surface area contributed by atoms with E-state index in [0.717, 1.165) is 0 Å². The molecule has 3 heterocycles. The standard InChI is InChI=1S/C30H31BClFN4O6/c1-18(38)23-16-36(25-8-7-19(14-22(23)25)30(41)35-12-9-21(10-13-35)31(42)43)17-27(39)37-11-3-6-26(37)29(40)34-15-20-4-2-5-24(32)28(20)33/h2,4-5,7-9,14,16,26,42-43H,3,6,10-13,15,17H2,1H3,(H,34,40)/t26-/m0/s1. The SMILES string of the molecule is CC(=O)c1cn(CC(=O)N2CCC[C@H]2C(=O)NCc2cccc(Cl)c2F)c2ccc(C(=O)N3CC=C(B(O)O)CC3)cc12. The summed E-state index contributed by atoms with van der Waals surface area (Å²) in [6, 6.07) is 8.81. The summed E-state index contributed by atoms with van der Waals surface area (Å²) in [5.41, 5.74) is 2.04. The van der Waals surface area contributed by atoms with Gasteiger partial charge in [0.1, 0.15) is 18.4 Å². The Balaban J connectivity index is 1.31. The Hall–Kier alpha value is -4.00. The molecule has 1 atom stereocenters. The molecule has 0 saturated carbocycles. The lowest BCUT2D eigenvalue weighted by Gasteiger charge is -2.26. The lowest BCUT2D eigenvalue weighted by Crippen LogP contribution is -2.46. The number of carbonyl (C=O) groups excluding carboxylic acids is 4. The molecule has 13 heteroatoms. The molecule has 3 amide bonds. The van der Waals surface area contributed by atoms with Gasteiger partial charge >= 0.3 is 7.12 Å². The van der Waals surface area contributed by atoms with E-state index in [1.165, 1.54) is 24.0 Å². The number of likely N-dealkylation sites (tertiary alicyclic amines) is 1. The number of hydrogen-bond acceptors (Lipinski definition) is 6. The first kappa shape index (κ1) is 30.5. The van der Waals surface area contributed by atoms with Crippen LogP contribution in [0.2, 0.25) is 5.02 Å². The van der Waals surface area contributed by atoms with E-state index in [1.807, 2.05) is 0 Å². The first-order chi connectivity index (χ1) is 20.5. The van der Waals surface area contributed by atoms with Crippen molar-refractivity contribution < 1.29 is 33.6 Å². The van der Waals surface area contributed by atoms with Crippen molar-refractivity contribution in [2.45, 2.75) is 45.3 Å². The number of amides is 3. The summed E-state index contributed by atoms with van der Waals surface area (Å²) in [6.07, 6.45) is 4.66. The predicted molar refractivity (Wildman–Crippen MR) is 159 cm³/mol. The molecule has 1 aromatic heterocycles. The fraction of sp³-hybridized carbons (Fsp3) is 0.333. The molecular formula is C30H31BClFN4O6. The van der Waals surface area contributed by atoms with E-state index in [2.05, 4.69) is 5.32 Å². The van der Waals surface area contributed by atoms with E-state index in [0.29, 0.717) is 59.9 Å². The van der Waals surface area contributed by atoms with Crippen LogP contribution in [-0.4, -0.2) is 80.7 Å². The monoisotopic (exact) mass is 608 g/mol. The predicted octanol–water partition coefficient (Wildman–Crippen LogP) is 2.73. The van der Waals surface area contributed by atoms with Gasteiger partial charge in [0.25, 0.3) is 5.91 Å². The largest absolute Gasteiger partial charge is 0.483 e. The minimum atomic E-state index is -1.54. The number of nitrogens with zero attached hydrogens (tertiary/aromatic N) is 3. The van der Waals surface area contributed by atoms with Crippen molar-refractivity contribution in [2.75, 3.05) is 19.6 Å². The zero-order valence-electron chi connectivity index (χ0n) is 23.6. The second kappa shape index (κ2) is 12.7. The third-order valence-corrected chi connectivity index (χ3v) is 8.33. The Labute approximate surface area is 252 Å². The van der Waals surface area contributed by atoms with Crippen molar-refractivity contribution in [1.29, 1.82) is 0 Å². The Morgan fingerprint density at radius 2 is 1.93 bits per heavy atom. The van der Waals surface area contributed by atoms with Crippen molar-refractivity contribution in [3.05, 3.63) is 81.7 Å². The Kier molecular flexibility index (Phi) is 9.00.